The molecule has 3 unspecified atom stereocenters. The molecule has 21 heavy (non-hydrogen) atoms. The van der Waals surface area contributed by atoms with Crippen molar-refractivity contribution in [2.75, 3.05) is 13.1 Å². The van der Waals surface area contributed by atoms with E-state index in [9.17, 15) is 4.79 Å². The predicted molar refractivity (Wildman–Crippen MR) is 86.2 cm³/mol. The van der Waals surface area contributed by atoms with Gasteiger partial charge in [0.15, 0.2) is 0 Å². The van der Waals surface area contributed by atoms with Gasteiger partial charge in [-0.05, 0) is 52.0 Å². The Bertz CT molecular complexity index is 326. The first-order valence-electron chi connectivity index (χ1n) is 8.16. The van der Waals surface area contributed by atoms with Crippen LogP contribution in [0.5, 0.6) is 0 Å². The van der Waals surface area contributed by atoms with E-state index in [-0.39, 0.29) is 12.1 Å². The fraction of sp³-hybridized carbons (Fsp3) is 0.938. The number of nitrogens with one attached hydrogen (secondary N) is 2. The molecular formula is C16H33N3O2. The average Bonchev–Trinajstić information content (AvgIpc) is 2.79. The topological polar surface area (TPSA) is 76.4 Å². The Kier molecular flexibility index (Phi) is 6.94. The second kappa shape index (κ2) is 7.99. The first-order valence-corrected chi connectivity index (χ1v) is 8.16. The molecule has 5 heteroatoms. The number of nitrogens with two attached hydrogens (primary N) is 1. The summed E-state index contributed by atoms with van der Waals surface area (Å²) in [6, 6.07) is 0.551. The lowest BCUT2D eigenvalue weighted by Crippen LogP contribution is -2.49. The van der Waals surface area contributed by atoms with Gasteiger partial charge in [0, 0.05) is 18.6 Å². The van der Waals surface area contributed by atoms with E-state index in [2.05, 4.69) is 24.5 Å². The zero-order chi connectivity index (χ0) is 16.0. The van der Waals surface area contributed by atoms with Crippen molar-refractivity contribution in [1.29, 1.82) is 0 Å². The summed E-state index contributed by atoms with van der Waals surface area (Å²) < 4.78 is 5.33. The molecule has 1 amide bonds. The highest BCUT2D eigenvalue weighted by molar-refractivity contribution is 5.68. The van der Waals surface area contributed by atoms with E-state index in [0.717, 1.165) is 13.1 Å². The van der Waals surface area contributed by atoms with Crippen molar-refractivity contribution in [3.05, 3.63) is 0 Å². The van der Waals surface area contributed by atoms with Crippen molar-refractivity contribution < 1.29 is 9.53 Å². The van der Waals surface area contributed by atoms with Crippen LogP contribution in [0.2, 0.25) is 0 Å². The van der Waals surface area contributed by atoms with Crippen molar-refractivity contribution in [2.45, 2.75) is 71.6 Å². The summed E-state index contributed by atoms with van der Waals surface area (Å²) in [7, 11) is 0. The van der Waals surface area contributed by atoms with Gasteiger partial charge in [0.1, 0.15) is 5.60 Å². The molecule has 0 aromatic heterocycles. The normalized spacial score (nSPS) is 24.1. The molecule has 4 N–H and O–H groups in total. The minimum absolute atomic E-state index is 0.0684. The van der Waals surface area contributed by atoms with Gasteiger partial charge in [0.25, 0.3) is 0 Å². The third-order valence-corrected chi connectivity index (χ3v) is 4.07. The predicted octanol–water partition coefficient (Wildman–Crippen LogP) is 2.25. The van der Waals surface area contributed by atoms with Crippen LogP contribution in [-0.2, 0) is 4.74 Å². The molecule has 1 aliphatic carbocycles. The first kappa shape index (κ1) is 18.2. The fourth-order valence-electron chi connectivity index (χ4n) is 2.78. The van der Waals surface area contributed by atoms with Crippen molar-refractivity contribution in [3.8, 4) is 0 Å². The molecule has 3 atom stereocenters. The Morgan fingerprint density at radius 2 is 2.00 bits per heavy atom. The second-order valence-electron chi connectivity index (χ2n) is 7.44. The lowest BCUT2D eigenvalue weighted by molar-refractivity contribution is 0.0488. The summed E-state index contributed by atoms with van der Waals surface area (Å²) in [6.45, 7) is 11.3. The van der Waals surface area contributed by atoms with Crippen LogP contribution in [0.1, 0.15) is 53.9 Å². The minimum atomic E-state index is -0.463. The largest absolute Gasteiger partial charge is 0.444 e. The molecule has 0 bridgehead atoms. The highest BCUT2D eigenvalue weighted by Crippen LogP contribution is 2.24. The van der Waals surface area contributed by atoms with Gasteiger partial charge < -0.3 is 21.1 Å². The van der Waals surface area contributed by atoms with Gasteiger partial charge in [-0.15, -0.1) is 0 Å². The van der Waals surface area contributed by atoms with Crippen LogP contribution in [0.25, 0.3) is 0 Å². The van der Waals surface area contributed by atoms with E-state index in [1.54, 1.807) is 0 Å². The number of amides is 1. The molecule has 1 fully saturated rings. The quantitative estimate of drug-likeness (QED) is 0.703. The van der Waals surface area contributed by atoms with Crippen molar-refractivity contribution in [1.82, 2.24) is 10.6 Å². The van der Waals surface area contributed by atoms with E-state index < -0.39 is 5.60 Å². The van der Waals surface area contributed by atoms with E-state index in [1.807, 2.05) is 20.8 Å². The molecule has 0 spiro atoms. The highest BCUT2D eigenvalue weighted by Gasteiger charge is 2.27. The summed E-state index contributed by atoms with van der Waals surface area (Å²) in [4.78, 5) is 11.9. The molecule has 0 saturated heterocycles. The van der Waals surface area contributed by atoms with Gasteiger partial charge in [0.2, 0.25) is 0 Å². The maximum atomic E-state index is 11.9. The van der Waals surface area contributed by atoms with Crippen LogP contribution in [-0.4, -0.2) is 36.9 Å². The lowest BCUT2D eigenvalue weighted by atomic mass is 10.0. The van der Waals surface area contributed by atoms with Crippen molar-refractivity contribution >= 4 is 6.09 Å². The SMILES string of the molecule is CC(C)C(CNC1CCCC1CN)NC(=O)OC(C)(C)C. The molecule has 0 aromatic rings. The van der Waals surface area contributed by atoms with E-state index in [0.29, 0.717) is 17.9 Å². The number of hydrogen-bond acceptors (Lipinski definition) is 4. The van der Waals surface area contributed by atoms with Gasteiger partial charge in [-0.25, -0.2) is 4.79 Å². The summed E-state index contributed by atoms with van der Waals surface area (Å²) in [5.41, 5.74) is 5.35. The summed E-state index contributed by atoms with van der Waals surface area (Å²) in [6.07, 6.45) is 3.29. The van der Waals surface area contributed by atoms with Crippen LogP contribution in [0.4, 0.5) is 4.79 Å². The Labute approximate surface area is 129 Å². The van der Waals surface area contributed by atoms with Crippen LogP contribution in [0, 0.1) is 11.8 Å². The van der Waals surface area contributed by atoms with Gasteiger partial charge in [-0.1, -0.05) is 20.3 Å². The second-order valence-corrected chi connectivity index (χ2v) is 7.44. The molecule has 124 valence electrons. The van der Waals surface area contributed by atoms with Crippen LogP contribution in [0.3, 0.4) is 0 Å². The summed E-state index contributed by atoms with van der Waals surface area (Å²) in [5.74, 6) is 0.919. The molecule has 0 aromatic carbocycles. The van der Waals surface area contributed by atoms with Gasteiger partial charge >= 0.3 is 6.09 Å². The molecule has 0 radical (unpaired) electrons. The minimum Gasteiger partial charge on any atom is -0.444 e. The summed E-state index contributed by atoms with van der Waals surface area (Å²) >= 11 is 0. The van der Waals surface area contributed by atoms with Gasteiger partial charge in [0.05, 0.1) is 0 Å². The molecule has 5 nitrogen and oxygen atoms in total. The smallest absolute Gasteiger partial charge is 0.407 e. The van der Waals surface area contributed by atoms with Gasteiger partial charge in [-0.3, -0.25) is 0 Å². The third kappa shape index (κ3) is 6.66. The van der Waals surface area contributed by atoms with Crippen molar-refractivity contribution in [3.63, 3.8) is 0 Å². The monoisotopic (exact) mass is 299 g/mol. The standard InChI is InChI=1S/C16H33N3O2/c1-11(2)14(19-15(20)21-16(3,4)5)10-18-13-8-6-7-12(13)9-17/h11-14,18H,6-10,17H2,1-5H3,(H,19,20). The number of rotatable bonds is 6. The maximum absolute atomic E-state index is 11.9. The Balaban J connectivity index is 2.45. The fourth-order valence-corrected chi connectivity index (χ4v) is 2.78. The van der Waals surface area contributed by atoms with E-state index >= 15 is 0 Å². The van der Waals surface area contributed by atoms with Crippen molar-refractivity contribution in [2.24, 2.45) is 17.6 Å². The van der Waals surface area contributed by atoms with E-state index in [1.165, 1.54) is 19.3 Å². The number of ether oxygens (including phenoxy) is 1. The Morgan fingerprint density at radius 3 is 2.52 bits per heavy atom. The molecule has 0 heterocycles. The molecular weight excluding hydrogens is 266 g/mol. The number of hydrogen-bond donors (Lipinski definition) is 3. The number of alkyl carbamates (subject to hydrolysis) is 1. The third-order valence-electron chi connectivity index (χ3n) is 4.07. The zero-order valence-corrected chi connectivity index (χ0v) is 14.2. The maximum Gasteiger partial charge on any atom is 0.407 e. The molecule has 1 rings (SSSR count). The summed E-state index contributed by atoms with van der Waals surface area (Å²) in [5, 5.41) is 6.56. The van der Waals surface area contributed by atoms with Crippen LogP contribution >= 0.6 is 0 Å². The Morgan fingerprint density at radius 1 is 1.33 bits per heavy atom. The zero-order valence-electron chi connectivity index (χ0n) is 14.2. The highest BCUT2D eigenvalue weighted by atomic mass is 16.6. The lowest BCUT2D eigenvalue weighted by Gasteiger charge is -2.28. The van der Waals surface area contributed by atoms with Crippen LogP contribution < -0.4 is 16.4 Å². The molecule has 1 saturated carbocycles. The molecule has 0 aliphatic heterocycles. The first-order chi connectivity index (χ1) is 9.73. The van der Waals surface area contributed by atoms with Crippen LogP contribution in [0.15, 0.2) is 0 Å². The van der Waals surface area contributed by atoms with E-state index in [4.69, 9.17) is 10.5 Å². The Hall–Kier alpha value is -0.810. The number of carbonyl (C=O) groups excluding carboxylic acids is 1. The average molecular weight is 299 g/mol. The number of carbonyl (C=O) groups is 1. The molecule has 1 aliphatic rings. The van der Waals surface area contributed by atoms with Gasteiger partial charge in [-0.2, -0.15) is 0 Å².